The number of ether oxygens (including phenoxy) is 1. The van der Waals surface area contributed by atoms with Gasteiger partial charge in [0.1, 0.15) is 0 Å². The lowest BCUT2D eigenvalue weighted by Gasteiger charge is -2.35. The molecule has 0 aromatic carbocycles. The Balaban J connectivity index is 1.88. The van der Waals surface area contributed by atoms with E-state index in [0.717, 1.165) is 6.54 Å². The van der Waals surface area contributed by atoms with Gasteiger partial charge in [-0.3, -0.25) is 0 Å². The van der Waals surface area contributed by atoms with Crippen molar-refractivity contribution >= 4 is 0 Å². The molecule has 0 bridgehead atoms. The van der Waals surface area contributed by atoms with E-state index in [1.807, 2.05) is 0 Å². The molecule has 0 radical (unpaired) electrons. The molecule has 1 aliphatic heterocycles. The SMILES string of the molecule is CCCNCC(CC)(CC)CC1CCC2(CCCC2)O1. The lowest BCUT2D eigenvalue weighted by molar-refractivity contribution is -0.0545. The molecule has 118 valence electrons. The third-order valence-corrected chi connectivity index (χ3v) is 5.94. The van der Waals surface area contributed by atoms with Crippen LogP contribution in [0.4, 0.5) is 0 Å². The molecule has 0 amide bonds. The standard InChI is InChI=1S/C18H35NO/c1-4-13-19-15-17(5-2,6-3)14-16-9-12-18(20-16)10-7-8-11-18/h16,19H,4-15H2,1-3H3. The molecular formula is C18H35NO. The topological polar surface area (TPSA) is 21.3 Å². The van der Waals surface area contributed by atoms with Gasteiger partial charge in [-0.05, 0) is 63.3 Å². The quantitative estimate of drug-likeness (QED) is 0.653. The van der Waals surface area contributed by atoms with Crippen molar-refractivity contribution in [3.8, 4) is 0 Å². The van der Waals surface area contributed by atoms with E-state index in [0.29, 0.717) is 17.1 Å². The van der Waals surface area contributed by atoms with Gasteiger partial charge in [0.25, 0.3) is 0 Å². The first-order chi connectivity index (χ1) is 9.67. The predicted molar refractivity (Wildman–Crippen MR) is 86.1 cm³/mol. The zero-order chi connectivity index (χ0) is 14.5. The summed E-state index contributed by atoms with van der Waals surface area (Å²) in [6, 6.07) is 0. The minimum absolute atomic E-state index is 0.300. The van der Waals surface area contributed by atoms with Crippen LogP contribution in [-0.2, 0) is 4.74 Å². The summed E-state index contributed by atoms with van der Waals surface area (Å²) in [6.45, 7) is 9.28. The van der Waals surface area contributed by atoms with E-state index >= 15 is 0 Å². The maximum atomic E-state index is 6.55. The molecule has 20 heavy (non-hydrogen) atoms. The van der Waals surface area contributed by atoms with Gasteiger partial charge < -0.3 is 10.1 Å². The molecule has 1 N–H and O–H groups in total. The Morgan fingerprint density at radius 2 is 1.80 bits per heavy atom. The van der Waals surface area contributed by atoms with E-state index in [9.17, 15) is 0 Å². The molecule has 1 spiro atoms. The first-order valence-electron chi connectivity index (χ1n) is 9.06. The fourth-order valence-corrected chi connectivity index (χ4v) is 4.30. The molecule has 1 unspecified atom stereocenters. The minimum atomic E-state index is 0.300. The van der Waals surface area contributed by atoms with Crippen LogP contribution in [0.15, 0.2) is 0 Å². The van der Waals surface area contributed by atoms with Gasteiger partial charge in [0, 0.05) is 6.54 Å². The van der Waals surface area contributed by atoms with Gasteiger partial charge in [-0.1, -0.05) is 33.6 Å². The van der Waals surface area contributed by atoms with Crippen LogP contribution < -0.4 is 5.32 Å². The van der Waals surface area contributed by atoms with E-state index < -0.39 is 0 Å². The van der Waals surface area contributed by atoms with Crippen molar-refractivity contribution in [2.24, 2.45) is 5.41 Å². The van der Waals surface area contributed by atoms with Gasteiger partial charge >= 0.3 is 0 Å². The summed E-state index contributed by atoms with van der Waals surface area (Å²) in [7, 11) is 0. The highest BCUT2D eigenvalue weighted by atomic mass is 16.5. The second kappa shape index (κ2) is 7.26. The van der Waals surface area contributed by atoms with Crippen LogP contribution in [0, 0.1) is 5.41 Å². The Morgan fingerprint density at radius 1 is 1.10 bits per heavy atom. The maximum Gasteiger partial charge on any atom is 0.0687 e. The molecule has 0 aromatic heterocycles. The zero-order valence-electron chi connectivity index (χ0n) is 14.0. The van der Waals surface area contributed by atoms with Gasteiger partial charge in [-0.25, -0.2) is 0 Å². The van der Waals surface area contributed by atoms with Crippen LogP contribution >= 0.6 is 0 Å². The highest BCUT2D eigenvalue weighted by Gasteiger charge is 2.44. The van der Waals surface area contributed by atoms with Crippen molar-refractivity contribution in [1.82, 2.24) is 5.32 Å². The third-order valence-electron chi connectivity index (χ3n) is 5.94. The first kappa shape index (κ1) is 16.3. The normalized spacial score (nSPS) is 25.6. The summed E-state index contributed by atoms with van der Waals surface area (Å²) in [5.41, 5.74) is 0.749. The first-order valence-corrected chi connectivity index (χ1v) is 9.06. The van der Waals surface area contributed by atoms with Crippen molar-refractivity contribution in [2.75, 3.05) is 13.1 Å². The van der Waals surface area contributed by atoms with Crippen LogP contribution in [0.5, 0.6) is 0 Å². The molecule has 2 aliphatic rings. The lowest BCUT2D eigenvalue weighted by Crippen LogP contribution is -2.37. The molecular weight excluding hydrogens is 246 g/mol. The highest BCUT2D eigenvalue weighted by Crippen LogP contribution is 2.46. The van der Waals surface area contributed by atoms with E-state index in [2.05, 4.69) is 26.1 Å². The van der Waals surface area contributed by atoms with Crippen LogP contribution in [0.3, 0.4) is 0 Å². The van der Waals surface area contributed by atoms with E-state index in [1.165, 1.54) is 70.8 Å². The van der Waals surface area contributed by atoms with Gasteiger partial charge in [0.05, 0.1) is 11.7 Å². The number of hydrogen-bond donors (Lipinski definition) is 1. The summed E-state index contributed by atoms with van der Waals surface area (Å²) < 4.78 is 6.55. The van der Waals surface area contributed by atoms with Gasteiger partial charge in [0.2, 0.25) is 0 Å². The Morgan fingerprint density at radius 3 is 2.40 bits per heavy atom. The Bertz CT molecular complexity index is 279. The second-order valence-corrected chi connectivity index (χ2v) is 7.26. The average molecular weight is 281 g/mol. The highest BCUT2D eigenvalue weighted by molar-refractivity contribution is 4.95. The van der Waals surface area contributed by atoms with Crippen LogP contribution in [0.1, 0.15) is 85.0 Å². The number of nitrogens with one attached hydrogen (secondary N) is 1. The summed E-state index contributed by atoms with van der Waals surface area (Å²) >= 11 is 0. The van der Waals surface area contributed by atoms with Crippen molar-refractivity contribution in [2.45, 2.75) is 96.7 Å². The summed E-state index contributed by atoms with van der Waals surface area (Å²) in [5, 5.41) is 3.66. The molecule has 0 aromatic rings. The molecule has 2 nitrogen and oxygen atoms in total. The molecule has 1 atom stereocenters. The Hall–Kier alpha value is -0.0800. The fourth-order valence-electron chi connectivity index (χ4n) is 4.30. The van der Waals surface area contributed by atoms with E-state index in [-0.39, 0.29) is 0 Å². The molecule has 1 saturated carbocycles. The van der Waals surface area contributed by atoms with Gasteiger partial charge in [-0.15, -0.1) is 0 Å². The smallest absolute Gasteiger partial charge is 0.0687 e. The second-order valence-electron chi connectivity index (χ2n) is 7.26. The van der Waals surface area contributed by atoms with Crippen LogP contribution in [-0.4, -0.2) is 24.8 Å². The van der Waals surface area contributed by atoms with Gasteiger partial charge in [0.15, 0.2) is 0 Å². The van der Waals surface area contributed by atoms with Crippen LogP contribution in [0.2, 0.25) is 0 Å². The third kappa shape index (κ3) is 3.76. The predicted octanol–water partition coefficient (Wildman–Crippen LogP) is 4.67. The Kier molecular flexibility index (Phi) is 5.92. The molecule has 1 saturated heterocycles. The lowest BCUT2D eigenvalue weighted by atomic mass is 9.77. The monoisotopic (exact) mass is 281 g/mol. The Labute approximate surface area is 126 Å². The maximum absolute atomic E-state index is 6.55. The van der Waals surface area contributed by atoms with Crippen LogP contribution in [0.25, 0.3) is 0 Å². The number of hydrogen-bond acceptors (Lipinski definition) is 2. The van der Waals surface area contributed by atoms with Crippen molar-refractivity contribution in [1.29, 1.82) is 0 Å². The van der Waals surface area contributed by atoms with E-state index in [1.54, 1.807) is 0 Å². The molecule has 2 rings (SSSR count). The van der Waals surface area contributed by atoms with Crippen molar-refractivity contribution in [3.63, 3.8) is 0 Å². The molecule has 2 fully saturated rings. The van der Waals surface area contributed by atoms with E-state index in [4.69, 9.17) is 4.74 Å². The van der Waals surface area contributed by atoms with Crippen molar-refractivity contribution in [3.05, 3.63) is 0 Å². The summed E-state index contributed by atoms with van der Waals surface area (Å²) in [4.78, 5) is 0. The number of rotatable bonds is 8. The average Bonchev–Trinajstić information content (AvgIpc) is 3.08. The largest absolute Gasteiger partial charge is 0.372 e. The molecule has 2 heteroatoms. The summed E-state index contributed by atoms with van der Waals surface area (Å²) in [5.74, 6) is 0. The zero-order valence-corrected chi connectivity index (χ0v) is 14.0. The molecule has 1 aliphatic carbocycles. The molecule has 1 heterocycles. The van der Waals surface area contributed by atoms with Gasteiger partial charge in [-0.2, -0.15) is 0 Å². The van der Waals surface area contributed by atoms with Crippen molar-refractivity contribution < 1.29 is 4.74 Å². The minimum Gasteiger partial charge on any atom is -0.372 e. The summed E-state index contributed by atoms with van der Waals surface area (Å²) in [6.07, 6.45) is 13.6. The fraction of sp³-hybridized carbons (Fsp3) is 1.00.